The van der Waals surface area contributed by atoms with Gasteiger partial charge in [-0.1, -0.05) is 6.92 Å². The van der Waals surface area contributed by atoms with Gasteiger partial charge in [-0.2, -0.15) is 0 Å². The van der Waals surface area contributed by atoms with E-state index in [9.17, 15) is 13.2 Å². The summed E-state index contributed by atoms with van der Waals surface area (Å²) in [5, 5.41) is 5.98. The van der Waals surface area contributed by atoms with Gasteiger partial charge in [-0.3, -0.25) is 9.52 Å². The fraction of sp³-hybridized carbons (Fsp3) is 0.316. The highest BCUT2D eigenvalue weighted by molar-refractivity contribution is 7.92. The molecule has 7 nitrogen and oxygen atoms in total. The number of sulfonamides is 1. The SMILES string of the molecule is CCCNCCNC(=O)c1ccc(S(=O)(=O)Nc2ccc(OC)cc2)cc1.Cl. The zero-order valence-electron chi connectivity index (χ0n) is 15.9. The van der Waals surface area contributed by atoms with E-state index in [2.05, 4.69) is 22.3 Å². The number of rotatable bonds is 10. The summed E-state index contributed by atoms with van der Waals surface area (Å²) >= 11 is 0. The van der Waals surface area contributed by atoms with Crippen LogP contribution in [0.4, 0.5) is 5.69 Å². The minimum absolute atomic E-state index is 0. The first-order valence-corrected chi connectivity index (χ1v) is 10.2. The number of amides is 1. The Bertz CT molecular complexity index is 840. The third-order valence-electron chi connectivity index (χ3n) is 3.78. The molecule has 3 N–H and O–H groups in total. The van der Waals surface area contributed by atoms with Crippen molar-refractivity contribution >= 4 is 34.0 Å². The van der Waals surface area contributed by atoms with Gasteiger partial charge in [0.05, 0.1) is 12.0 Å². The predicted molar refractivity (Wildman–Crippen MR) is 113 cm³/mol. The van der Waals surface area contributed by atoms with E-state index in [0.29, 0.717) is 30.1 Å². The molecule has 0 fully saturated rings. The second-order valence-corrected chi connectivity index (χ2v) is 7.55. The molecule has 0 spiro atoms. The highest BCUT2D eigenvalue weighted by Crippen LogP contribution is 2.19. The van der Waals surface area contributed by atoms with Crippen molar-refractivity contribution in [2.75, 3.05) is 31.5 Å². The van der Waals surface area contributed by atoms with Gasteiger partial charge in [0.25, 0.3) is 15.9 Å². The Morgan fingerprint density at radius 3 is 2.18 bits per heavy atom. The lowest BCUT2D eigenvalue weighted by atomic mass is 10.2. The van der Waals surface area contributed by atoms with Gasteiger partial charge in [0.1, 0.15) is 5.75 Å². The van der Waals surface area contributed by atoms with Gasteiger partial charge in [0.15, 0.2) is 0 Å². The van der Waals surface area contributed by atoms with E-state index < -0.39 is 10.0 Å². The Morgan fingerprint density at radius 1 is 0.964 bits per heavy atom. The summed E-state index contributed by atoms with van der Waals surface area (Å²) in [7, 11) is -2.19. The molecule has 0 bridgehead atoms. The molecule has 0 aliphatic heterocycles. The minimum Gasteiger partial charge on any atom is -0.497 e. The normalized spacial score (nSPS) is 10.6. The zero-order chi connectivity index (χ0) is 19.7. The number of carbonyl (C=O) groups is 1. The number of halogens is 1. The van der Waals surface area contributed by atoms with Crippen LogP contribution < -0.4 is 20.1 Å². The van der Waals surface area contributed by atoms with E-state index in [1.165, 1.54) is 24.3 Å². The number of anilines is 1. The molecule has 0 heterocycles. The third kappa shape index (κ3) is 7.03. The minimum atomic E-state index is -3.74. The predicted octanol–water partition coefficient (Wildman–Crippen LogP) is 2.65. The van der Waals surface area contributed by atoms with Crippen molar-refractivity contribution in [1.29, 1.82) is 0 Å². The molecule has 0 aliphatic rings. The summed E-state index contributed by atoms with van der Waals surface area (Å²) in [6, 6.07) is 12.4. The van der Waals surface area contributed by atoms with Crippen LogP contribution in [0.3, 0.4) is 0 Å². The van der Waals surface area contributed by atoms with E-state index in [-0.39, 0.29) is 23.2 Å². The van der Waals surface area contributed by atoms with Crippen molar-refractivity contribution in [2.24, 2.45) is 0 Å². The van der Waals surface area contributed by atoms with E-state index in [0.717, 1.165) is 13.0 Å². The molecule has 0 aromatic heterocycles. The molecule has 2 rings (SSSR count). The van der Waals surface area contributed by atoms with E-state index in [1.54, 1.807) is 31.4 Å². The second kappa shape index (κ2) is 11.5. The molecule has 0 atom stereocenters. The molecule has 0 unspecified atom stereocenters. The average Bonchev–Trinajstić information content (AvgIpc) is 2.68. The summed E-state index contributed by atoms with van der Waals surface area (Å²) in [6.45, 7) is 4.18. The fourth-order valence-electron chi connectivity index (χ4n) is 2.33. The first-order chi connectivity index (χ1) is 13.0. The first kappa shape index (κ1) is 23.7. The van der Waals surface area contributed by atoms with E-state index in [1.807, 2.05) is 0 Å². The largest absolute Gasteiger partial charge is 0.497 e. The highest BCUT2D eigenvalue weighted by atomic mass is 35.5. The molecule has 2 aromatic rings. The Kier molecular flexibility index (Phi) is 9.78. The average molecular weight is 428 g/mol. The summed E-state index contributed by atoms with van der Waals surface area (Å²) in [5.41, 5.74) is 0.839. The van der Waals surface area contributed by atoms with Crippen LogP contribution >= 0.6 is 12.4 Å². The molecule has 0 saturated heterocycles. The smallest absolute Gasteiger partial charge is 0.261 e. The second-order valence-electron chi connectivity index (χ2n) is 5.86. The maximum Gasteiger partial charge on any atom is 0.261 e. The zero-order valence-corrected chi connectivity index (χ0v) is 17.5. The van der Waals surface area contributed by atoms with Crippen molar-refractivity contribution < 1.29 is 17.9 Å². The molecule has 1 amide bonds. The molecule has 9 heteroatoms. The van der Waals surface area contributed by atoms with Crippen molar-refractivity contribution in [1.82, 2.24) is 10.6 Å². The maximum absolute atomic E-state index is 12.5. The maximum atomic E-state index is 12.5. The molecule has 28 heavy (non-hydrogen) atoms. The summed E-state index contributed by atoms with van der Waals surface area (Å²) in [6.07, 6.45) is 1.04. The number of benzene rings is 2. The summed E-state index contributed by atoms with van der Waals surface area (Å²) < 4.78 is 32.5. The molecular formula is C19H26ClN3O4S. The topological polar surface area (TPSA) is 96.5 Å². The summed E-state index contributed by atoms with van der Waals surface area (Å²) in [5.74, 6) is 0.401. The van der Waals surface area contributed by atoms with Crippen molar-refractivity contribution in [2.45, 2.75) is 18.2 Å². The number of hydrogen-bond donors (Lipinski definition) is 3. The van der Waals surface area contributed by atoms with Crippen LogP contribution in [-0.2, 0) is 10.0 Å². The van der Waals surface area contributed by atoms with Gasteiger partial charge in [0.2, 0.25) is 0 Å². The van der Waals surface area contributed by atoms with Crippen LogP contribution in [0.1, 0.15) is 23.7 Å². The van der Waals surface area contributed by atoms with Crippen LogP contribution in [0.15, 0.2) is 53.4 Å². The molecule has 0 radical (unpaired) electrons. The van der Waals surface area contributed by atoms with Gasteiger partial charge in [-0.15, -0.1) is 12.4 Å². The molecule has 0 aliphatic carbocycles. The standard InChI is InChI=1S/C19H25N3O4S.ClH/c1-3-12-20-13-14-21-19(23)15-4-10-18(11-5-15)27(24,25)22-16-6-8-17(26-2)9-7-16;/h4-11,20,22H,3,12-14H2,1-2H3,(H,21,23);1H. The van der Waals surface area contributed by atoms with Gasteiger partial charge in [-0.25, -0.2) is 8.42 Å². The number of carbonyl (C=O) groups excluding carboxylic acids is 1. The lowest BCUT2D eigenvalue weighted by Gasteiger charge is -2.10. The summed E-state index contributed by atoms with van der Waals surface area (Å²) in [4.78, 5) is 12.2. The van der Waals surface area contributed by atoms with E-state index >= 15 is 0 Å². The highest BCUT2D eigenvalue weighted by Gasteiger charge is 2.15. The lowest BCUT2D eigenvalue weighted by molar-refractivity contribution is 0.0954. The van der Waals surface area contributed by atoms with Crippen LogP contribution in [0.25, 0.3) is 0 Å². The monoisotopic (exact) mass is 427 g/mol. The van der Waals surface area contributed by atoms with Gasteiger partial charge in [0, 0.05) is 24.3 Å². The van der Waals surface area contributed by atoms with Crippen molar-refractivity contribution in [3.8, 4) is 5.75 Å². The van der Waals surface area contributed by atoms with Crippen LogP contribution in [0, 0.1) is 0 Å². The fourth-order valence-corrected chi connectivity index (χ4v) is 3.39. The Labute approximate surface area is 172 Å². The molecular weight excluding hydrogens is 402 g/mol. The number of nitrogens with one attached hydrogen (secondary N) is 3. The third-order valence-corrected chi connectivity index (χ3v) is 5.18. The number of methoxy groups -OCH3 is 1. The van der Waals surface area contributed by atoms with Crippen LogP contribution in [0.2, 0.25) is 0 Å². The van der Waals surface area contributed by atoms with Crippen LogP contribution in [-0.4, -0.2) is 41.1 Å². The van der Waals surface area contributed by atoms with Gasteiger partial charge in [-0.05, 0) is 61.5 Å². The quantitative estimate of drug-likeness (QED) is 0.506. The molecule has 0 saturated carbocycles. The van der Waals surface area contributed by atoms with E-state index in [4.69, 9.17) is 4.74 Å². The lowest BCUT2D eigenvalue weighted by Crippen LogP contribution is -2.32. The van der Waals surface area contributed by atoms with Crippen molar-refractivity contribution in [3.63, 3.8) is 0 Å². The first-order valence-electron chi connectivity index (χ1n) is 8.72. The van der Waals surface area contributed by atoms with Gasteiger partial charge < -0.3 is 15.4 Å². The molecule has 2 aromatic carbocycles. The van der Waals surface area contributed by atoms with Gasteiger partial charge >= 0.3 is 0 Å². The Balaban J connectivity index is 0.00000392. The van der Waals surface area contributed by atoms with Crippen molar-refractivity contribution in [3.05, 3.63) is 54.1 Å². The Morgan fingerprint density at radius 2 is 1.61 bits per heavy atom. The number of ether oxygens (including phenoxy) is 1. The number of hydrogen-bond acceptors (Lipinski definition) is 5. The Hall–Kier alpha value is -2.29. The van der Waals surface area contributed by atoms with Crippen LogP contribution in [0.5, 0.6) is 5.75 Å². The molecule has 154 valence electrons.